The number of nitrogens with zero attached hydrogens (tertiary/aromatic N) is 5. The van der Waals surface area contributed by atoms with E-state index in [1.165, 1.54) is 0 Å². The molecule has 1 fully saturated rings. The van der Waals surface area contributed by atoms with Crippen LogP contribution >= 0.6 is 0 Å². The molecule has 1 aromatic heterocycles. The maximum Gasteiger partial charge on any atom is 0.253 e. The molecule has 0 aliphatic carbocycles. The number of likely N-dealkylation sites (tertiary alicyclic amines) is 1. The number of hydrogen-bond donors (Lipinski definition) is 1. The number of methoxy groups -OCH3 is 1. The molecule has 2 aliphatic heterocycles. The third-order valence-electron chi connectivity index (χ3n) is 4.88. The quantitative estimate of drug-likeness (QED) is 0.900. The van der Waals surface area contributed by atoms with Gasteiger partial charge in [-0.25, -0.2) is 9.99 Å². The molecular formula is C20H24N6O. The molecule has 0 saturated carbocycles. The van der Waals surface area contributed by atoms with Crippen molar-refractivity contribution in [2.45, 2.75) is 18.9 Å². The van der Waals surface area contributed by atoms with Crippen LogP contribution in [0.4, 0.5) is 11.8 Å². The van der Waals surface area contributed by atoms with Gasteiger partial charge in [-0.3, -0.25) is 0 Å². The van der Waals surface area contributed by atoms with Gasteiger partial charge in [0, 0.05) is 23.8 Å². The summed E-state index contributed by atoms with van der Waals surface area (Å²) in [6, 6.07) is 6.26. The fourth-order valence-corrected chi connectivity index (χ4v) is 3.29. The molecule has 1 saturated heterocycles. The van der Waals surface area contributed by atoms with Crippen LogP contribution in [-0.4, -0.2) is 54.4 Å². The first-order valence-corrected chi connectivity index (χ1v) is 9.20. The largest absolute Gasteiger partial charge is 0.497 e. The van der Waals surface area contributed by atoms with Crippen molar-refractivity contribution in [2.75, 3.05) is 37.6 Å². The van der Waals surface area contributed by atoms with Crippen LogP contribution < -0.4 is 15.1 Å². The van der Waals surface area contributed by atoms with Crippen LogP contribution in [0.1, 0.15) is 12.8 Å². The van der Waals surface area contributed by atoms with Crippen molar-refractivity contribution in [3.05, 3.63) is 42.6 Å². The van der Waals surface area contributed by atoms with Gasteiger partial charge >= 0.3 is 0 Å². The predicted octanol–water partition coefficient (Wildman–Crippen LogP) is 3.02. The Morgan fingerprint density at radius 3 is 2.78 bits per heavy atom. The highest BCUT2D eigenvalue weighted by Crippen LogP contribution is 2.29. The summed E-state index contributed by atoms with van der Waals surface area (Å²) >= 11 is 0. The van der Waals surface area contributed by atoms with E-state index in [0.29, 0.717) is 12.0 Å². The zero-order chi connectivity index (χ0) is 18.6. The zero-order valence-corrected chi connectivity index (χ0v) is 15.7. The number of ether oxygens (including phenoxy) is 1. The monoisotopic (exact) mass is 364 g/mol. The molecule has 7 heteroatoms. The normalized spacial score (nSPS) is 18.1. The maximum atomic E-state index is 5.40. The molecule has 3 heterocycles. The Labute approximate surface area is 159 Å². The summed E-state index contributed by atoms with van der Waals surface area (Å²) in [7, 11) is 3.83. The molecule has 1 N–H and O–H groups in total. The Balaban J connectivity index is 1.73. The molecule has 7 nitrogen and oxygen atoms in total. The number of allylic oxidation sites excluding steroid dienone is 3. The number of fused-ring (bicyclic) bond motifs is 1. The fraction of sp³-hybridized carbons (Fsp3) is 0.350. The minimum Gasteiger partial charge on any atom is -0.497 e. The van der Waals surface area contributed by atoms with E-state index in [1.54, 1.807) is 18.3 Å². The number of nitrogens with one attached hydrogen (secondary N) is 1. The van der Waals surface area contributed by atoms with E-state index in [1.807, 2.05) is 42.6 Å². The van der Waals surface area contributed by atoms with E-state index in [-0.39, 0.29) is 0 Å². The van der Waals surface area contributed by atoms with Crippen molar-refractivity contribution in [1.29, 1.82) is 0 Å². The second-order valence-corrected chi connectivity index (χ2v) is 6.81. The highest BCUT2D eigenvalue weighted by atomic mass is 16.5. The molecule has 27 heavy (non-hydrogen) atoms. The topological polar surface area (TPSA) is 65.9 Å². The summed E-state index contributed by atoms with van der Waals surface area (Å²) in [5.41, 5.74) is 0.858. The maximum absolute atomic E-state index is 5.40. The van der Waals surface area contributed by atoms with E-state index >= 15 is 0 Å². The smallest absolute Gasteiger partial charge is 0.253 e. The molecule has 0 unspecified atom stereocenters. The van der Waals surface area contributed by atoms with E-state index in [9.17, 15) is 0 Å². The van der Waals surface area contributed by atoms with E-state index < -0.39 is 0 Å². The third-order valence-corrected chi connectivity index (χ3v) is 4.88. The zero-order valence-electron chi connectivity index (χ0n) is 15.7. The molecule has 1 aromatic carbocycles. The Bertz CT molecular complexity index is 883. The molecule has 0 spiro atoms. The Hall–Kier alpha value is -2.93. The minimum atomic E-state index is 0.392. The molecule has 4 rings (SSSR count). The highest BCUT2D eigenvalue weighted by Gasteiger charge is 2.19. The molecule has 0 atom stereocenters. The van der Waals surface area contributed by atoms with Gasteiger partial charge in [0.1, 0.15) is 11.6 Å². The van der Waals surface area contributed by atoms with Gasteiger partial charge in [0.25, 0.3) is 5.95 Å². The lowest BCUT2D eigenvalue weighted by Crippen LogP contribution is -2.37. The van der Waals surface area contributed by atoms with Crippen LogP contribution in [0.2, 0.25) is 0 Å². The van der Waals surface area contributed by atoms with Gasteiger partial charge in [0.2, 0.25) is 0 Å². The number of hydrazone groups is 1. The predicted molar refractivity (Wildman–Crippen MR) is 109 cm³/mol. The van der Waals surface area contributed by atoms with Gasteiger partial charge in [0.05, 0.1) is 12.6 Å². The van der Waals surface area contributed by atoms with Crippen LogP contribution in [0.5, 0.6) is 5.75 Å². The minimum absolute atomic E-state index is 0.392. The third kappa shape index (κ3) is 3.93. The number of aromatic nitrogens is 2. The number of anilines is 2. The van der Waals surface area contributed by atoms with Gasteiger partial charge in [-0.15, -0.1) is 0 Å². The lowest BCUT2D eigenvalue weighted by Gasteiger charge is -2.30. The van der Waals surface area contributed by atoms with Crippen LogP contribution in [0, 0.1) is 0 Å². The summed E-state index contributed by atoms with van der Waals surface area (Å²) in [6.45, 7) is 2.17. The SMILES string of the molecule is COc1ccc2nc(N3C=CC=CC=N3)nc(NC3CCN(C)CC3)c2c1. The molecule has 0 amide bonds. The van der Waals surface area contributed by atoms with E-state index in [0.717, 1.165) is 48.4 Å². The highest BCUT2D eigenvalue weighted by molar-refractivity contribution is 5.91. The van der Waals surface area contributed by atoms with Crippen molar-refractivity contribution >= 4 is 28.9 Å². The van der Waals surface area contributed by atoms with Crippen molar-refractivity contribution in [2.24, 2.45) is 5.10 Å². The van der Waals surface area contributed by atoms with Crippen molar-refractivity contribution in [3.8, 4) is 5.75 Å². The molecule has 140 valence electrons. The lowest BCUT2D eigenvalue weighted by atomic mass is 10.1. The van der Waals surface area contributed by atoms with E-state index in [4.69, 9.17) is 14.7 Å². The van der Waals surface area contributed by atoms with Crippen LogP contribution in [0.25, 0.3) is 10.9 Å². The van der Waals surface area contributed by atoms with Crippen LogP contribution in [-0.2, 0) is 0 Å². The first-order valence-electron chi connectivity index (χ1n) is 9.20. The van der Waals surface area contributed by atoms with Gasteiger partial charge < -0.3 is 15.0 Å². The number of benzene rings is 1. The summed E-state index contributed by atoms with van der Waals surface area (Å²) in [6.07, 6.45) is 11.5. The van der Waals surface area contributed by atoms with Crippen molar-refractivity contribution < 1.29 is 4.74 Å². The first-order chi connectivity index (χ1) is 13.2. The van der Waals surface area contributed by atoms with Gasteiger partial charge in [0.15, 0.2) is 0 Å². The second-order valence-electron chi connectivity index (χ2n) is 6.81. The van der Waals surface area contributed by atoms with Crippen molar-refractivity contribution in [3.63, 3.8) is 0 Å². The molecule has 2 aliphatic rings. The summed E-state index contributed by atoms with van der Waals surface area (Å²) < 4.78 is 5.40. The Morgan fingerprint density at radius 1 is 1.11 bits per heavy atom. The van der Waals surface area contributed by atoms with E-state index in [2.05, 4.69) is 22.4 Å². The molecule has 0 radical (unpaired) electrons. The Kier molecular flexibility index (Phi) is 5.02. The number of piperidine rings is 1. The summed E-state index contributed by atoms with van der Waals surface area (Å²) in [5.74, 6) is 2.16. The number of rotatable bonds is 4. The van der Waals surface area contributed by atoms with Gasteiger partial charge in [-0.1, -0.05) is 6.08 Å². The standard InChI is InChI=1S/C20H24N6O/c1-25-12-8-15(9-13-25)22-19-17-14-16(27-2)6-7-18(17)23-20(24-19)26-11-5-3-4-10-21-26/h3-7,10-11,14-15H,8-9,12-13H2,1-2H3,(H,22,23,24). The Morgan fingerprint density at radius 2 is 1.96 bits per heavy atom. The molecule has 0 bridgehead atoms. The van der Waals surface area contributed by atoms with Crippen molar-refractivity contribution in [1.82, 2.24) is 14.9 Å². The van der Waals surface area contributed by atoms with Gasteiger partial charge in [-0.2, -0.15) is 10.1 Å². The fourth-order valence-electron chi connectivity index (χ4n) is 3.29. The lowest BCUT2D eigenvalue weighted by molar-refractivity contribution is 0.264. The average molecular weight is 364 g/mol. The first kappa shape index (κ1) is 17.5. The molecular weight excluding hydrogens is 340 g/mol. The second kappa shape index (κ2) is 7.75. The van der Waals surface area contributed by atoms with Crippen LogP contribution in [0.3, 0.4) is 0 Å². The summed E-state index contributed by atoms with van der Waals surface area (Å²) in [5, 5.41) is 10.7. The summed E-state index contributed by atoms with van der Waals surface area (Å²) in [4.78, 5) is 11.9. The average Bonchev–Trinajstić information content (AvgIpc) is 2.99. The molecule has 2 aromatic rings. The van der Waals surface area contributed by atoms with Gasteiger partial charge in [-0.05, 0) is 63.3 Å². The number of hydrogen-bond acceptors (Lipinski definition) is 7. The van der Waals surface area contributed by atoms with Crippen LogP contribution in [0.15, 0.2) is 47.7 Å².